The van der Waals surface area contributed by atoms with Crippen LogP contribution < -0.4 is 5.32 Å². The number of nitrogens with one attached hydrogen (secondary N) is 1. The zero-order chi connectivity index (χ0) is 16.4. The van der Waals surface area contributed by atoms with Crippen LogP contribution >= 0.6 is 0 Å². The van der Waals surface area contributed by atoms with Crippen molar-refractivity contribution in [3.8, 4) is 0 Å². The van der Waals surface area contributed by atoms with E-state index in [1.54, 1.807) is 0 Å². The maximum Gasteiger partial charge on any atom is 0.155 e. The van der Waals surface area contributed by atoms with Crippen molar-refractivity contribution in [3.63, 3.8) is 0 Å². The second-order valence-corrected chi connectivity index (χ2v) is 7.10. The summed E-state index contributed by atoms with van der Waals surface area (Å²) in [7, 11) is 0. The largest absolute Gasteiger partial charge is 0.389 e. The molecule has 2 aromatic rings. The molecule has 23 heavy (non-hydrogen) atoms. The van der Waals surface area contributed by atoms with Gasteiger partial charge in [0.05, 0.1) is 11.3 Å². The molecule has 0 saturated heterocycles. The summed E-state index contributed by atoms with van der Waals surface area (Å²) in [6.07, 6.45) is 8.49. The minimum atomic E-state index is -0.557. The van der Waals surface area contributed by atoms with Gasteiger partial charge in [0.2, 0.25) is 0 Å². The van der Waals surface area contributed by atoms with Crippen LogP contribution in [0.3, 0.4) is 0 Å². The maximum atomic E-state index is 10.8. The number of aliphatic hydroxyl groups is 1. The molecule has 5 nitrogen and oxygen atoms in total. The topological polar surface area (TPSA) is 62.5 Å². The lowest BCUT2D eigenvalue weighted by atomic mass is 9.94. The zero-order valence-electron chi connectivity index (χ0n) is 14.5. The third-order valence-corrected chi connectivity index (χ3v) is 5.12. The number of hydrogen-bond acceptors (Lipinski definition) is 4. The fourth-order valence-electron chi connectivity index (χ4n) is 3.62. The Balaban J connectivity index is 1.72. The molecule has 0 radical (unpaired) electrons. The molecule has 2 heterocycles. The molecule has 1 aliphatic carbocycles. The average Bonchev–Trinajstić information content (AvgIpc) is 2.77. The number of hydrogen-bond donors (Lipinski definition) is 2. The van der Waals surface area contributed by atoms with Crippen LogP contribution in [0, 0.1) is 13.8 Å². The first-order chi connectivity index (χ1) is 11.0. The third kappa shape index (κ3) is 3.56. The molecule has 3 rings (SSSR count). The van der Waals surface area contributed by atoms with Crippen LogP contribution in [0.4, 0.5) is 0 Å². The van der Waals surface area contributed by atoms with Crippen LogP contribution in [-0.4, -0.2) is 31.9 Å². The Morgan fingerprint density at radius 3 is 2.65 bits per heavy atom. The molecule has 2 aromatic heterocycles. The molecule has 1 saturated carbocycles. The molecule has 0 bridgehead atoms. The van der Waals surface area contributed by atoms with E-state index in [1.165, 1.54) is 12.8 Å². The highest BCUT2D eigenvalue weighted by molar-refractivity contribution is 5.42. The lowest BCUT2D eigenvalue weighted by molar-refractivity contribution is 0.0231. The van der Waals surface area contributed by atoms with Gasteiger partial charge in [0.1, 0.15) is 0 Å². The molecule has 126 valence electrons. The fourth-order valence-corrected chi connectivity index (χ4v) is 3.62. The number of rotatable bonds is 4. The summed E-state index contributed by atoms with van der Waals surface area (Å²) in [5.74, 6) is 0. The molecule has 1 aliphatic rings. The maximum absolute atomic E-state index is 10.8. The zero-order valence-corrected chi connectivity index (χ0v) is 14.5. The summed E-state index contributed by atoms with van der Waals surface area (Å²) in [4.78, 5) is 4.51. The molecule has 0 amide bonds. The second-order valence-electron chi connectivity index (χ2n) is 7.10. The second kappa shape index (κ2) is 6.57. The van der Waals surface area contributed by atoms with Gasteiger partial charge in [-0.25, -0.2) is 9.50 Å². The Labute approximate surface area is 138 Å². The first kappa shape index (κ1) is 16.4. The SMILES string of the molecule is Cc1cc2ncc(C(C)NCC3(O)CCCCCC3)c(C)n2n1. The Morgan fingerprint density at radius 1 is 1.26 bits per heavy atom. The lowest BCUT2D eigenvalue weighted by Crippen LogP contribution is -2.41. The predicted octanol–water partition coefficient (Wildman–Crippen LogP) is 3.08. The lowest BCUT2D eigenvalue weighted by Gasteiger charge is -2.29. The minimum Gasteiger partial charge on any atom is -0.389 e. The van der Waals surface area contributed by atoms with E-state index in [9.17, 15) is 5.11 Å². The molecule has 0 aliphatic heterocycles. The van der Waals surface area contributed by atoms with Gasteiger partial charge in [-0.3, -0.25) is 0 Å². The Bertz CT molecular complexity index is 671. The van der Waals surface area contributed by atoms with Gasteiger partial charge in [-0.1, -0.05) is 25.7 Å². The molecule has 1 unspecified atom stereocenters. The normalized spacial score (nSPS) is 19.7. The van der Waals surface area contributed by atoms with Crippen LogP contribution in [0.15, 0.2) is 12.3 Å². The molecule has 1 atom stereocenters. The average molecular weight is 316 g/mol. The molecule has 0 spiro atoms. The predicted molar refractivity (Wildman–Crippen MR) is 91.5 cm³/mol. The van der Waals surface area contributed by atoms with Crippen molar-refractivity contribution < 1.29 is 5.11 Å². The monoisotopic (exact) mass is 316 g/mol. The summed E-state index contributed by atoms with van der Waals surface area (Å²) in [6.45, 7) is 6.84. The highest BCUT2D eigenvalue weighted by Crippen LogP contribution is 2.27. The van der Waals surface area contributed by atoms with Gasteiger partial charge in [0.15, 0.2) is 5.65 Å². The van der Waals surface area contributed by atoms with Gasteiger partial charge >= 0.3 is 0 Å². The van der Waals surface area contributed by atoms with Crippen molar-refractivity contribution in [3.05, 3.63) is 29.2 Å². The van der Waals surface area contributed by atoms with Crippen LogP contribution in [0.5, 0.6) is 0 Å². The molecular formula is C18H28N4O. The van der Waals surface area contributed by atoms with Crippen LogP contribution in [0.25, 0.3) is 5.65 Å². The molecule has 5 heteroatoms. The smallest absolute Gasteiger partial charge is 0.155 e. The molecule has 2 N–H and O–H groups in total. The van der Waals surface area contributed by atoms with Gasteiger partial charge in [-0.05, 0) is 33.6 Å². The van der Waals surface area contributed by atoms with Crippen molar-refractivity contribution >= 4 is 5.65 Å². The number of aromatic nitrogens is 3. The van der Waals surface area contributed by atoms with Gasteiger partial charge in [-0.2, -0.15) is 5.10 Å². The molecular weight excluding hydrogens is 288 g/mol. The van der Waals surface area contributed by atoms with E-state index in [0.717, 1.165) is 48.3 Å². The van der Waals surface area contributed by atoms with Crippen LogP contribution in [0.1, 0.15) is 68.4 Å². The standard InChI is InChI=1S/C18H28N4O/c1-13-10-17-19-11-16(15(3)22(17)21-13)14(2)20-12-18(23)8-6-4-5-7-9-18/h10-11,14,20,23H,4-9,12H2,1-3H3. The highest BCUT2D eigenvalue weighted by atomic mass is 16.3. The van der Waals surface area contributed by atoms with Crippen LogP contribution in [-0.2, 0) is 0 Å². The van der Waals surface area contributed by atoms with E-state index in [-0.39, 0.29) is 6.04 Å². The minimum absolute atomic E-state index is 0.142. The summed E-state index contributed by atoms with van der Waals surface area (Å²) in [5.41, 5.74) is 3.55. The Kier molecular flexibility index (Phi) is 4.69. The first-order valence-corrected chi connectivity index (χ1v) is 8.76. The van der Waals surface area contributed by atoms with Crippen molar-refractivity contribution in [1.29, 1.82) is 0 Å². The summed E-state index contributed by atoms with van der Waals surface area (Å²) < 4.78 is 1.91. The number of fused-ring (bicyclic) bond motifs is 1. The van der Waals surface area contributed by atoms with Crippen molar-refractivity contribution in [1.82, 2.24) is 19.9 Å². The van der Waals surface area contributed by atoms with Gasteiger partial charge < -0.3 is 10.4 Å². The highest BCUT2D eigenvalue weighted by Gasteiger charge is 2.28. The third-order valence-electron chi connectivity index (χ3n) is 5.12. The van der Waals surface area contributed by atoms with E-state index in [0.29, 0.717) is 6.54 Å². The van der Waals surface area contributed by atoms with Gasteiger partial charge in [0.25, 0.3) is 0 Å². The summed E-state index contributed by atoms with van der Waals surface area (Å²) in [6, 6.07) is 2.13. The molecule has 1 fully saturated rings. The van der Waals surface area contributed by atoms with E-state index in [1.807, 2.05) is 23.7 Å². The Hall–Kier alpha value is -1.46. The molecule has 0 aromatic carbocycles. The number of aryl methyl sites for hydroxylation is 2. The van der Waals surface area contributed by atoms with Crippen molar-refractivity contribution in [2.75, 3.05) is 6.54 Å². The number of nitrogens with zero attached hydrogens (tertiary/aromatic N) is 3. The van der Waals surface area contributed by atoms with Crippen LogP contribution in [0.2, 0.25) is 0 Å². The first-order valence-electron chi connectivity index (χ1n) is 8.76. The van der Waals surface area contributed by atoms with Gasteiger partial charge in [0, 0.05) is 36.1 Å². The Morgan fingerprint density at radius 2 is 1.96 bits per heavy atom. The van der Waals surface area contributed by atoms with Gasteiger partial charge in [-0.15, -0.1) is 0 Å². The van der Waals surface area contributed by atoms with E-state index >= 15 is 0 Å². The van der Waals surface area contributed by atoms with E-state index < -0.39 is 5.60 Å². The van der Waals surface area contributed by atoms with E-state index in [2.05, 4.69) is 29.2 Å². The summed E-state index contributed by atoms with van der Waals surface area (Å²) >= 11 is 0. The van der Waals surface area contributed by atoms with Crippen molar-refractivity contribution in [2.45, 2.75) is 70.9 Å². The quantitative estimate of drug-likeness (QED) is 0.851. The van der Waals surface area contributed by atoms with E-state index in [4.69, 9.17) is 0 Å². The fraction of sp³-hybridized carbons (Fsp3) is 0.667. The summed E-state index contributed by atoms with van der Waals surface area (Å²) in [5, 5.41) is 18.8. The van der Waals surface area contributed by atoms with Crippen molar-refractivity contribution in [2.24, 2.45) is 0 Å².